The molecule has 0 aromatic carbocycles. The average Bonchev–Trinajstić information content (AvgIpc) is 3.04. The van der Waals surface area contributed by atoms with Crippen molar-refractivity contribution in [3.8, 4) is 0 Å². The van der Waals surface area contributed by atoms with Crippen LogP contribution in [0, 0.1) is 0 Å². The second-order valence-electron chi connectivity index (χ2n) is 6.83. The fraction of sp³-hybridized carbons (Fsp3) is 0.938. The molecule has 0 spiro atoms. The topological polar surface area (TPSA) is 54.1 Å². The van der Waals surface area contributed by atoms with Crippen molar-refractivity contribution in [1.82, 2.24) is 9.80 Å². The Morgan fingerprint density at radius 1 is 1.27 bits per heavy atom. The Hall–Kier alpha value is -0.460. The lowest BCUT2D eigenvalue weighted by Gasteiger charge is -2.42. The molecule has 0 radical (unpaired) electrons. The van der Waals surface area contributed by atoms with E-state index in [-0.39, 0.29) is 11.6 Å². The first-order chi connectivity index (χ1) is 10.7. The van der Waals surface area contributed by atoms with Crippen LogP contribution in [0.15, 0.2) is 4.99 Å². The maximum Gasteiger partial charge on any atom is 0.191 e. The molecule has 1 atom stereocenters. The van der Waals surface area contributed by atoms with Crippen molar-refractivity contribution >= 4 is 17.7 Å². The minimum atomic E-state index is 0.252. The monoisotopic (exact) mass is 326 g/mol. The molecule has 0 aromatic heterocycles. The van der Waals surface area contributed by atoms with Crippen molar-refractivity contribution in [3.63, 3.8) is 0 Å². The number of thioether (sulfide) groups is 1. The number of morpholine rings is 1. The highest BCUT2D eigenvalue weighted by atomic mass is 32.2. The van der Waals surface area contributed by atoms with E-state index < -0.39 is 0 Å². The number of hydrogen-bond acceptors (Lipinski definition) is 4. The molecule has 22 heavy (non-hydrogen) atoms. The summed E-state index contributed by atoms with van der Waals surface area (Å²) < 4.78 is 5.59. The summed E-state index contributed by atoms with van der Waals surface area (Å²) in [5.74, 6) is 3.25. The highest BCUT2D eigenvalue weighted by Crippen LogP contribution is 2.37. The van der Waals surface area contributed by atoms with Gasteiger partial charge in [0.2, 0.25) is 0 Å². The molecule has 126 valence electrons. The second-order valence-corrected chi connectivity index (χ2v) is 8.06. The molecule has 3 fully saturated rings. The fourth-order valence-corrected chi connectivity index (χ4v) is 4.90. The molecule has 2 N–H and O–H groups in total. The van der Waals surface area contributed by atoms with Crippen molar-refractivity contribution in [2.24, 2.45) is 10.7 Å². The maximum absolute atomic E-state index is 6.27. The number of aliphatic imine (C=N–C) groups is 1. The maximum atomic E-state index is 6.27. The summed E-state index contributed by atoms with van der Waals surface area (Å²) >= 11 is 2.08. The van der Waals surface area contributed by atoms with E-state index in [0.29, 0.717) is 5.96 Å². The van der Waals surface area contributed by atoms with Gasteiger partial charge in [-0.3, -0.25) is 9.89 Å². The van der Waals surface area contributed by atoms with Gasteiger partial charge < -0.3 is 15.4 Å². The molecule has 0 aromatic rings. The van der Waals surface area contributed by atoms with Crippen molar-refractivity contribution in [3.05, 3.63) is 0 Å². The zero-order chi connectivity index (χ0) is 15.4. The van der Waals surface area contributed by atoms with E-state index in [9.17, 15) is 0 Å². The molecule has 3 aliphatic rings. The van der Waals surface area contributed by atoms with Gasteiger partial charge in [0.1, 0.15) is 0 Å². The number of guanidine groups is 1. The summed E-state index contributed by atoms with van der Waals surface area (Å²) in [6.45, 7) is 7.89. The molecule has 3 rings (SSSR count). The molecular formula is C16H30N4OS. The van der Waals surface area contributed by atoms with Crippen LogP contribution in [0.1, 0.15) is 32.6 Å². The average molecular weight is 327 g/mol. The Labute approximate surface area is 138 Å². The SMILES string of the molecule is CC1CN(C(N)=NCC2(N3CCSCC3)CCCC2)CCO1. The van der Waals surface area contributed by atoms with Crippen LogP contribution in [0.2, 0.25) is 0 Å². The Balaban J connectivity index is 1.64. The normalized spacial score (nSPS) is 30.7. The number of nitrogens with two attached hydrogens (primary N) is 1. The molecule has 2 aliphatic heterocycles. The van der Waals surface area contributed by atoms with E-state index in [0.717, 1.165) is 26.2 Å². The lowest BCUT2D eigenvalue weighted by atomic mass is 9.95. The molecule has 1 unspecified atom stereocenters. The second kappa shape index (κ2) is 7.41. The molecule has 0 bridgehead atoms. The standard InChI is InChI=1S/C16H30N4OS/c1-14-12-19(6-9-21-14)15(17)18-13-16(4-2-3-5-16)20-7-10-22-11-8-20/h14H,2-13H2,1H3,(H2,17,18). The van der Waals surface area contributed by atoms with Gasteiger partial charge in [0.05, 0.1) is 19.3 Å². The third-order valence-corrected chi connectivity index (χ3v) is 6.26. The molecular weight excluding hydrogens is 296 g/mol. The summed E-state index contributed by atoms with van der Waals surface area (Å²) in [7, 11) is 0. The Bertz CT molecular complexity index is 392. The van der Waals surface area contributed by atoms with Gasteiger partial charge in [-0.05, 0) is 19.8 Å². The molecule has 5 nitrogen and oxygen atoms in total. The molecule has 0 amide bonds. The minimum absolute atomic E-state index is 0.252. The first-order valence-electron chi connectivity index (χ1n) is 8.69. The summed E-state index contributed by atoms with van der Waals surface area (Å²) in [6.07, 6.45) is 5.51. The van der Waals surface area contributed by atoms with Crippen LogP contribution in [-0.4, -0.2) is 78.2 Å². The quantitative estimate of drug-likeness (QED) is 0.627. The van der Waals surface area contributed by atoms with Crippen LogP contribution >= 0.6 is 11.8 Å². The summed E-state index contributed by atoms with van der Waals surface area (Å²) in [5.41, 5.74) is 6.56. The summed E-state index contributed by atoms with van der Waals surface area (Å²) in [4.78, 5) is 9.71. The van der Waals surface area contributed by atoms with Crippen LogP contribution in [0.5, 0.6) is 0 Å². The van der Waals surface area contributed by atoms with Crippen LogP contribution < -0.4 is 5.73 Å². The molecule has 2 heterocycles. The van der Waals surface area contributed by atoms with Gasteiger partial charge in [-0.15, -0.1) is 0 Å². The van der Waals surface area contributed by atoms with Gasteiger partial charge in [-0.1, -0.05) is 12.8 Å². The van der Waals surface area contributed by atoms with Crippen LogP contribution in [0.25, 0.3) is 0 Å². The van der Waals surface area contributed by atoms with Crippen molar-refractivity contribution in [2.45, 2.75) is 44.2 Å². The van der Waals surface area contributed by atoms with E-state index in [1.54, 1.807) is 0 Å². The highest BCUT2D eigenvalue weighted by Gasteiger charge is 2.40. The largest absolute Gasteiger partial charge is 0.375 e. The molecule has 1 aliphatic carbocycles. The predicted octanol–water partition coefficient (Wildman–Crippen LogP) is 1.38. The molecule has 6 heteroatoms. The van der Waals surface area contributed by atoms with Crippen LogP contribution in [0.3, 0.4) is 0 Å². The van der Waals surface area contributed by atoms with Crippen LogP contribution in [0.4, 0.5) is 0 Å². The number of hydrogen-bond donors (Lipinski definition) is 1. The molecule has 2 saturated heterocycles. The highest BCUT2D eigenvalue weighted by molar-refractivity contribution is 7.99. The van der Waals surface area contributed by atoms with E-state index in [4.69, 9.17) is 15.5 Å². The van der Waals surface area contributed by atoms with E-state index in [1.807, 2.05) is 0 Å². The van der Waals surface area contributed by atoms with Gasteiger partial charge >= 0.3 is 0 Å². The predicted molar refractivity (Wildman–Crippen MR) is 93.6 cm³/mol. The van der Waals surface area contributed by atoms with Gasteiger partial charge in [0, 0.05) is 43.2 Å². The third kappa shape index (κ3) is 3.71. The first-order valence-corrected chi connectivity index (χ1v) is 9.84. The van der Waals surface area contributed by atoms with E-state index in [2.05, 4.69) is 28.5 Å². The van der Waals surface area contributed by atoms with E-state index in [1.165, 1.54) is 50.3 Å². The number of rotatable bonds is 3. The smallest absolute Gasteiger partial charge is 0.191 e. The third-order valence-electron chi connectivity index (χ3n) is 5.32. The Morgan fingerprint density at radius 2 is 2.00 bits per heavy atom. The zero-order valence-corrected chi connectivity index (χ0v) is 14.6. The lowest BCUT2D eigenvalue weighted by Crippen LogP contribution is -2.53. The number of ether oxygens (including phenoxy) is 1. The van der Waals surface area contributed by atoms with Gasteiger partial charge in [0.15, 0.2) is 5.96 Å². The van der Waals surface area contributed by atoms with Crippen molar-refractivity contribution in [2.75, 3.05) is 50.8 Å². The van der Waals surface area contributed by atoms with Crippen LogP contribution in [-0.2, 0) is 4.74 Å². The Morgan fingerprint density at radius 3 is 2.68 bits per heavy atom. The van der Waals surface area contributed by atoms with Gasteiger partial charge in [-0.2, -0.15) is 11.8 Å². The van der Waals surface area contributed by atoms with Gasteiger partial charge in [-0.25, -0.2) is 0 Å². The molecule has 1 saturated carbocycles. The minimum Gasteiger partial charge on any atom is -0.375 e. The van der Waals surface area contributed by atoms with Crippen molar-refractivity contribution in [1.29, 1.82) is 0 Å². The summed E-state index contributed by atoms with van der Waals surface area (Å²) in [6, 6.07) is 0. The fourth-order valence-electron chi connectivity index (χ4n) is 4.00. The van der Waals surface area contributed by atoms with E-state index >= 15 is 0 Å². The zero-order valence-electron chi connectivity index (χ0n) is 13.8. The Kier molecular flexibility index (Phi) is 5.52. The summed E-state index contributed by atoms with van der Waals surface area (Å²) in [5, 5.41) is 0. The van der Waals surface area contributed by atoms with Crippen molar-refractivity contribution < 1.29 is 4.74 Å². The lowest BCUT2D eigenvalue weighted by molar-refractivity contribution is 0.00514. The first kappa shape index (κ1) is 16.4. The number of nitrogens with zero attached hydrogens (tertiary/aromatic N) is 3. The van der Waals surface area contributed by atoms with Gasteiger partial charge in [0.25, 0.3) is 0 Å².